The fourth-order valence-electron chi connectivity index (χ4n) is 3.05. The predicted octanol–water partition coefficient (Wildman–Crippen LogP) is 3.82. The summed E-state index contributed by atoms with van der Waals surface area (Å²) in [5.41, 5.74) is 6.23. The van der Waals surface area contributed by atoms with Crippen molar-refractivity contribution < 1.29 is 4.79 Å². The fourth-order valence-corrected chi connectivity index (χ4v) is 3.17. The second-order valence-corrected chi connectivity index (χ2v) is 7.26. The van der Waals surface area contributed by atoms with E-state index >= 15 is 0 Å². The highest BCUT2D eigenvalue weighted by Gasteiger charge is 2.41. The number of nitrogens with two attached hydrogens (primary N) is 1. The van der Waals surface area contributed by atoms with Gasteiger partial charge in [0.1, 0.15) is 0 Å². The monoisotopic (exact) mass is 344 g/mol. The lowest BCUT2D eigenvalue weighted by molar-refractivity contribution is -0.128. The highest BCUT2D eigenvalue weighted by molar-refractivity contribution is 6.30. The number of halogens is 2. The third-order valence-corrected chi connectivity index (χ3v) is 4.50. The molecule has 0 aromatic heterocycles. The van der Waals surface area contributed by atoms with Crippen LogP contribution in [0.4, 0.5) is 0 Å². The Balaban J connectivity index is 0.00000242. The molecule has 1 saturated carbocycles. The van der Waals surface area contributed by atoms with E-state index in [0.717, 1.165) is 31.2 Å². The minimum Gasteiger partial charge on any atom is -0.354 e. The second-order valence-electron chi connectivity index (χ2n) is 6.82. The zero-order chi connectivity index (χ0) is 15.5. The molecule has 124 valence electrons. The predicted molar refractivity (Wildman–Crippen MR) is 94.7 cm³/mol. The van der Waals surface area contributed by atoms with Crippen LogP contribution in [0.15, 0.2) is 24.3 Å². The van der Waals surface area contributed by atoms with Crippen LogP contribution in [-0.2, 0) is 10.2 Å². The summed E-state index contributed by atoms with van der Waals surface area (Å²) in [5.74, 6) is 0.100. The average molecular weight is 345 g/mol. The fraction of sp³-hybridized carbons (Fsp3) is 0.588. The van der Waals surface area contributed by atoms with Gasteiger partial charge in [-0.1, -0.05) is 43.0 Å². The van der Waals surface area contributed by atoms with E-state index in [1.165, 1.54) is 6.42 Å². The van der Waals surface area contributed by atoms with E-state index in [0.29, 0.717) is 11.6 Å². The molecule has 0 heterocycles. The smallest absolute Gasteiger partial charge is 0.230 e. The number of benzene rings is 1. The lowest BCUT2D eigenvalue weighted by Gasteiger charge is -2.37. The molecule has 3 nitrogen and oxygen atoms in total. The van der Waals surface area contributed by atoms with E-state index in [1.807, 2.05) is 38.1 Å². The molecule has 1 fully saturated rings. The number of rotatable bonds is 4. The van der Waals surface area contributed by atoms with Crippen LogP contribution in [0.25, 0.3) is 0 Å². The maximum atomic E-state index is 12.9. The molecule has 0 bridgehead atoms. The number of amides is 1. The van der Waals surface area contributed by atoms with Gasteiger partial charge in [0.15, 0.2) is 0 Å². The molecule has 5 heteroatoms. The molecule has 0 radical (unpaired) electrons. The van der Waals surface area contributed by atoms with Crippen LogP contribution in [0.1, 0.15) is 51.5 Å². The second kappa shape index (κ2) is 7.67. The first-order chi connectivity index (χ1) is 9.83. The van der Waals surface area contributed by atoms with Crippen LogP contribution in [0, 0.1) is 0 Å². The van der Waals surface area contributed by atoms with Crippen molar-refractivity contribution in [3.8, 4) is 0 Å². The van der Waals surface area contributed by atoms with Crippen LogP contribution < -0.4 is 11.1 Å². The Morgan fingerprint density at radius 2 is 1.77 bits per heavy atom. The number of nitrogens with one attached hydrogen (secondary N) is 1. The van der Waals surface area contributed by atoms with Crippen LogP contribution >= 0.6 is 24.0 Å². The highest BCUT2D eigenvalue weighted by atomic mass is 35.5. The third kappa shape index (κ3) is 4.61. The first kappa shape index (κ1) is 19.3. The van der Waals surface area contributed by atoms with E-state index in [2.05, 4.69) is 5.32 Å². The minimum absolute atomic E-state index is 0. The van der Waals surface area contributed by atoms with Gasteiger partial charge in [0, 0.05) is 17.1 Å². The summed E-state index contributed by atoms with van der Waals surface area (Å²) >= 11 is 5.98. The summed E-state index contributed by atoms with van der Waals surface area (Å²) in [4.78, 5) is 12.9. The average Bonchev–Trinajstić information content (AvgIpc) is 2.45. The van der Waals surface area contributed by atoms with Gasteiger partial charge in [-0.25, -0.2) is 0 Å². The summed E-state index contributed by atoms with van der Waals surface area (Å²) in [6.45, 7) is 4.33. The number of carbonyl (C=O) groups excluding carboxylic acids is 1. The molecule has 1 aromatic rings. The van der Waals surface area contributed by atoms with Gasteiger partial charge < -0.3 is 11.1 Å². The molecule has 1 aliphatic carbocycles. The van der Waals surface area contributed by atoms with Crippen LogP contribution in [0.5, 0.6) is 0 Å². The summed E-state index contributed by atoms with van der Waals surface area (Å²) in [6.07, 6.45) is 5.16. The van der Waals surface area contributed by atoms with Gasteiger partial charge in [-0.2, -0.15) is 0 Å². The van der Waals surface area contributed by atoms with Gasteiger partial charge in [0.05, 0.1) is 5.41 Å². The zero-order valence-electron chi connectivity index (χ0n) is 13.3. The van der Waals surface area contributed by atoms with Gasteiger partial charge in [-0.05, 0) is 44.4 Å². The number of carbonyl (C=O) groups is 1. The molecule has 1 aromatic carbocycles. The molecule has 1 aliphatic rings. The van der Waals surface area contributed by atoms with E-state index in [-0.39, 0.29) is 18.3 Å². The molecule has 2 rings (SSSR count). The van der Waals surface area contributed by atoms with E-state index in [9.17, 15) is 4.79 Å². The Morgan fingerprint density at radius 3 is 2.27 bits per heavy atom. The van der Waals surface area contributed by atoms with Crippen molar-refractivity contribution in [3.05, 3.63) is 34.9 Å². The maximum absolute atomic E-state index is 12.9. The molecule has 0 atom stereocenters. The lowest BCUT2D eigenvalue weighted by atomic mass is 9.68. The van der Waals surface area contributed by atoms with Crippen molar-refractivity contribution >= 4 is 29.9 Å². The number of hydrogen-bond acceptors (Lipinski definition) is 2. The first-order valence-electron chi connectivity index (χ1n) is 7.67. The summed E-state index contributed by atoms with van der Waals surface area (Å²) in [7, 11) is 0. The van der Waals surface area contributed by atoms with Crippen molar-refractivity contribution in [1.82, 2.24) is 5.32 Å². The van der Waals surface area contributed by atoms with Crippen LogP contribution in [0.2, 0.25) is 5.02 Å². The Morgan fingerprint density at radius 1 is 1.23 bits per heavy atom. The maximum Gasteiger partial charge on any atom is 0.230 e. The van der Waals surface area contributed by atoms with Gasteiger partial charge in [0.25, 0.3) is 0 Å². The van der Waals surface area contributed by atoms with Crippen molar-refractivity contribution in [2.24, 2.45) is 5.73 Å². The molecule has 1 amide bonds. The Kier molecular flexibility index (Phi) is 6.72. The Hall–Kier alpha value is -0.770. The van der Waals surface area contributed by atoms with Crippen molar-refractivity contribution in [1.29, 1.82) is 0 Å². The van der Waals surface area contributed by atoms with E-state index in [4.69, 9.17) is 17.3 Å². The van der Waals surface area contributed by atoms with E-state index < -0.39 is 11.0 Å². The molecule has 0 aliphatic heterocycles. The normalized spacial score (nSPS) is 17.5. The van der Waals surface area contributed by atoms with Gasteiger partial charge in [0.2, 0.25) is 5.91 Å². The first-order valence-corrected chi connectivity index (χ1v) is 8.05. The summed E-state index contributed by atoms with van der Waals surface area (Å²) < 4.78 is 0. The number of hydrogen-bond donors (Lipinski definition) is 2. The minimum atomic E-state index is -0.423. The Labute approximate surface area is 144 Å². The van der Waals surface area contributed by atoms with Crippen molar-refractivity contribution in [3.63, 3.8) is 0 Å². The quantitative estimate of drug-likeness (QED) is 0.872. The molecule has 0 saturated heterocycles. The molecule has 3 N–H and O–H groups in total. The highest BCUT2D eigenvalue weighted by Crippen LogP contribution is 2.40. The molecular formula is C17H26Cl2N2O. The van der Waals surface area contributed by atoms with Gasteiger partial charge in [-0.3, -0.25) is 4.79 Å². The molecule has 22 heavy (non-hydrogen) atoms. The molecule has 0 unspecified atom stereocenters. The summed E-state index contributed by atoms with van der Waals surface area (Å²) in [5, 5.41) is 3.75. The zero-order valence-corrected chi connectivity index (χ0v) is 14.9. The largest absolute Gasteiger partial charge is 0.354 e. The third-order valence-electron chi connectivity index (χ3n) is 4.24. The lowest BCUT2D eigenvalue weighted by Crippen LogP contribution is -2.52. The Bertz CT molecular complexity index is 488. The van der Waals surface area contributed by atoms with Gasteiger partial charge in [-0.15, -0.1) is 12.4 Å². The SMILES string of the molecule is CC(C)(N)CNC(=O)C1(c2ccc(Cl)cc2)CCCCC1.Cl. The van der Waals surface area contributed by atoms with Gasteiger partial charge >= 0.3 is 0 Å². The molecule has 0 spiro atoms. The van der Waals surface area contributed by atoms with Crippen LogP contribution in [0.3, 0.4) is 0 Å². The summed E-state index contributed by atoms with van der Waals surface area (Å²) in [6, 6.07) is 7.71. The molecular weight excluding hydrogens is 319 g/mol. The van der Waals surface area contributed by atoms with Crippen LogP contribution in [-0.4, -0.2) is 18.0 Å². The van der Waals surface area contributed by atoms with Crippen molar-refractivity contribution in [2.45, 2.75) is 56.9 Å². The topological polar surface area (TPSA) is 55.1 Å². The standard InChI is InChI=1S/C17H25ClN2O.ClH/c1-16(2,19)12-20-15(21)17(10-4-3-5-11-17)13-6-8-14(18)9-7-13;/h6-9H,3-5,10-12,19H2,1-2H3,(H,20,21);1H. The van der Waals surface area contributed by atoms with E-state index in [1.54, 1.807) is 0 Å². The van der Waals surface area contributed by atoms with Crippen molar-refractivity contribution in [2.75, 3.05) is 6.54 Å².